The first-order valence-electron chi connectivity index (χ1n) is 8.33. The fourth-order valence-corrected chi connectivity index (χ4v) is 3.46. The van der Waals surface area contributed by atoms with E-state index in [-0.39, 0.29) is 12.5 Å². The van der Waals surface area contributed by atoms with Crippen molar-refractivity contribution in [2.45, 2.75) is 25.7 Å². The SMILES string of the molecule is O=C(O)C1CCN(c2cc(N3CCCC(CO)C3)ncn2)CC1. The number of piperidine rings is 2. The summed E-state index contributed by atoms with van der Waals surface area (Å²) in [5.74, 6) is 1.14. The third-order valence-corrected chi connectivity index (χ3v) is 4.91. The molecular weight excluding hydrogens is 296 g/mol. The summed E-state index contributed by atoms with van der Waals surface area (Å²) in [5.41, 5.74) is 0. The molecule has 2 aliphatic rings. The van der Waals surface area contributed by atoms with Crippen molar-refractivity contribution in [1.29, 1.82) is 0 Å². The number of aromatic nitrogens is 2. The normalized spacial score (nSPS) is 23.1. The molecule has 1 atom stereocenters. The zero-order valence-electron chi connectivity index (χ0n) is 13.3. The first-order chi connectivity index (χ1) is 11.2. The van der Waals surface area contributed by atoms with Crippen LogP contribution in [0.4, 0.5) is 11.6 Å². The fraction of sp³-hybridized carbons (Fsp3) is 0.688. The zero-order chi connectivity index (χ0) is 16.2. The van der Waals surface area contributed by atoms with Gasteiger partial charge in [-0.1, -0.05) is 0 Å². The molecule has 0 saturated carbocycles. The highest BCUT2D eigenvalue weighted by Gasteiger charge is 2.26. The molecule has 3 heterocycles. The van der Waals surface area contributed by atoms with Crippen LogP contribution in [0.2, 0.25) is 0 Å². The van der Waals surface area contributed by atoms with Crippen LogP contribution < -0.4 is 9.80 Å². The Hall–Kier alpha value is -1.89. The van der Waals surface area contributed by atoms with E-state index in [0.29, 0.717) is 31.8 Å². The molecule has 7 heteroatoms. The minimum absolute atomic E-state index is 0.219. The van der Waals surface area contributed by atoms with Crippen molar-refractivity contribution in [2.24, 2.45) is 11.8 Å². The van der Waals surface area contributed by atoms with Gasteiger partial charge in [0.15, 0.2) is 0 Å². The molecule has 0 spiro atoms. The first kappa shape index (κ1) is 16.0. The van der Waals surface area contributed by atoms with E-state index in [1.807, 2.05) is 6.07 Å². The fourth-order valence-electron chi connectivity index (χ4n) is 3.46. The Morgan fingerprint density at radius 2 is 1.83 bits per heavy atom. The minimum Gasteiger partial charge on any atom is -0.481 e. The average Bonchev–Trinajstić information content (AvgIpc) is 2.62. The Bertz CT molecular complexity index is 546. The molecule has 1 aromatic rings. The standard InChI is InChI=1S/C16H24N4O3/c21-10-12-2-1-5-20(9-12)15-8-14(17-11-18-15)19-6-3-13(4-7-19)16(22)23/h8,11-13,21H,1-7,9-10H2,(H,22,23). The monoisotopic (exact) mass is 320 g/mol. The van der Waals surface area contributed by atoms with Crippen molar-refractivity contribution in [3.63, 3.8) is 0 Å². The van der Waals surface area contributed by atoms with Crippen molar-refractivity contribution in [2.75, 3.05) is 42.6 Å². The molecular formula is C16H24N4O3. The van der Waals surface area contributed by atoms with Crippen LogP contribution >= 0.6 is 0 Å². The summed E-state index contributed by atoms with van der Waals surface area (Å²) < 4.78 is 0. The second-order valence-corrected chi connectivity index (χ2v) is 6.47. The van der Waals surface area contributed by atoms with E-state index in [1.54, 1.807) is 6.33 Å². The van der Waals surface area contributed by atoms with Gasteiger partial charge in [0, 0.05) is 38.9 Å². The first-order valence-corrected chi connectivity index (χ1v) is 8.33. The van der Waals surface area contributed by atoms with Crippen LogP contribution in [-0.4, -0.2) is 58.9 Å². The topological polar surface area (TPSA) is 89.8 Å². The summed E-state index contributed by atoms with van der Waals surface area (Å²) in [7, 11) is 0. The van der Waals surface area contributed by atoms with Gasteiger partial charge in [-0.05, 0) is 31.6 Å². The van der Waals surface area contributed by atoms with E-state index >= 15 is 0 Å². The van der Waals surface area contributed by atoms with E-state index in [9.17, 15) is 9.90 Å². The van der Waals surface area contributed by atoms with E-state index in [2.05, 4.69) is 19.8 Å². The van der Waals surface area contributed by atoms with Crippen molar-refractivity contribution >= 4 is 17.6 Å². The van der Waals surface area contributed by atoms with Gasteiger partial charge in [-0.25, -0.2) is 9.97 Å². The molecule has 0 bridgehead atoms. The Balaban J connectivity index is 1.67. The van der Waals surface area contributed by atoms with Crippen molar-refractivity contribution in [3.8, 4) is 0 Å². The lowest BCUT2D eigenvalue weighted by atomic mass is 9.97. The Morgan fingerprint density at radius 3 is 2.48 bits per heavy atom. The lowest BCUT2D eigenvalue weighted by Crippen LogP contribution is -2.38. The van der Waals surface area contributed by atoms with E-state index in [0.717, 1.165) is 37.6 Å². The minimum atomic E-state index is -0.698. The maximum absolute atomic E-state index is 11.0. The molecule has 0 radical (unpaired) electrons. The summed E-state index contributed by atoms with van der Waals surface area (Å²) in [5, 5.41) is 18.5. The van der Waals surface area contributed by atoms with Crippen molar-refractivity contribution < 1.29 is 15.0 Å². The molecule has 2 N–H and O–H groups in total. The maximum Gasteiger partial charge on any atom is 0.306 e. The number of carboxylic acids is 1. The Kier molecular flexibility index (Phi) is 4.95. The lowest BCUT2D eigenvalue weighted by molar-refractivity contribution is -0.142. The van der Waals surface area contributed by atoms with Crippen LogP contribution in [0.25, 0.3) is 0 Å². The van der Waals surface area contributed by atoms with Gasteiger partial charge in [0.1, 0.15) is 18.0 Å². The number of rotatable bonds is 4. The highest BCUT2D eigenvalue weighted by Crippen LogP contribution is 2.26. The predicted octanol–water partition coefficient (Wildman–Crippen LogP) is 0.986. The molecule has 126 valence electrons. The van der Waals surface area contributed by atoms with E-state index in [4.69, 9.17) is 5.11 Å². The highest BCUT2D eigenvalue weighted by atomic mass is 16.4. The van der Waals surface area contributed by atoms with E-state index in [1.165, 1.54) is 0 Å². The highest BCUT2D eigenvalue weighted by molar-refractivity contribution is 5.70. The van der Waals surface area contributed by atoms with Crippen LogP contribution in [0, 0.1) is 11.8 Å². The number of anilines is 2. The number of aliphatic carboxylic acids is 1. The number of hydrogen-bond donors (Lipinski definition) is 2. The molecule has 0 aliphatic carbocycles. The van der Waals surface area contributed by atoms with Crippen molar-refractivity contribution in [3.05, 3.63) is 12.4 Å². The predicted molar refractivity (Wildman–Crippen MR) is 86.6 cm³/mol. The van der Waals surface area contributed by atoms with Crippen LogP contribution in [0.5, 0.6) is 0 Å². The summed E-state index contributed by atoms with van der Waals surface area (Å²) in [4.78, 5) is 24.1. The summed E-state index contributed by atoms with van der Waals surface area (Å²) in [6.07, 6.45) is 5.02. The van der Waals surface area contributed by atoms with Gasteiger partial charge < -0.3 is 20.0 Å². The van der Waals surface area contributed by atoms with Crippen LogP contribution in [0.15, 0.2) is 12.4 Å². The molecule has 3 rings (SSSR count). The van der Waals surface area contributed by atoms with Crippen LogP contribution in [0.1, 0.15) is 25.7 Å². The van der Waals surface area contributed by atoms with Gasteiger partial charge in [-0.15, -0.1) is 0 Å². The number of nitrogens with zero attached hydrogens (tertiary/aromatic N) is 4. The smallest absolute Gasteiger partial charge is 0.306 e. The van der Waals surface area contributed by atoms with Gasteiger partial charge in [0.05, 0.1) is 5.92 Å². The largest absolute Gasteiger partial charge is 0.481 e. The van der Waals surface area contributed by atoms with Gasteiger partial charge in [0.2, 0.25) is 0 Å². The lowest BCUT2D eigenvalue weighted by Gasteiger charge is -2.34. The molecule has 2 aliphatic heterocycles. The molecule has 7 nitrogen and oxygen atoms in total. The molecule has 0 amide bonds. The Labute approximate surface area is 136 Å². The summed E-state index contributed by atoms with van der Waals surface area (Å²) in [6, 6.07) is 1.99. The van der Waals surface area contributed by atoms with Gasteiger partial charge in [-0.3, -0.25) is 4.79 Å². The molecule has 1 unspecified atom stereocenters. The number of carboxylic acid groups (broad SMARTS) is 1. The second kappa shape index (κ2) is 7.12. The van der Waals surface area contributed by atoms with Crippen LogP contribution in [0.3, 0.4) is 0 Å². The maximum atomic E-state index is 11.0. The summed E-state index contributed by atoms with van der Waals surface area (Å²) in [6.45, 7) is 3.43. The number of aliphatic hydroxyl groups is 1. The molecule has 2 fully saturated rings. The van der Waals surface area contributed by atoms with Crippen LogP contribution in [-0.2, 0) is 4.79 Å². The average molecular weight is 320 g/mol. The van der Waals surface area contributed by atoms with Gasteiger partial charge >= 0.3 is 5.97 Å². The Morgan fingerprint density at radius 1 is 1.13 bits per heavy atom. The third-order valence-electron chi connectivity index (χ3n) is 4.91. The molecule has 0 aromatic carbocycles. The summed E-state index contributed by atoms with van der Waals surface area (Å²) >= 11 is 0. The van der Waals surface area contributed by atoms with Gasteiger partial charge in [0.25, 0.3) is 0 Å². The van der Waals surface area contributed by atoms with Crippen molar-refractivity contribution in [1.82, 2.24) is 9.97 Å². The van der Waals surface area contributed by atoms with Gasteiger partial charge in [-0.2, -0.15) is 0 Å². The molecule has 1 aromatic heterocycles. The number of carbonyl (C=O) groups is 1. The number of aliphatic hydroxyl groups excluding tert-OH is 1. The third kappa shape index (κ3) is 3.72. The van der Waals surface area contributed by atoms with E-state index < -0.39 is 5.97 Å². The molecule has 2 saturated heterocycles. The molecule has 23 heavy (non-hydrogen) atoms. The number of hydrogen-bond acceptors (Lipinski definition) is 6. The quantitative estimate of drug-likeness (QED) is 0.855. The zero-order valence-corrected chi connectivity index (χ0v) is 13.3. The second-order valence-electron chi connectivity index (χ2n) is 6.47.